The van der Waals surface area contributed by atoms with E-state index in [0.29, 0.717) is 17.8 Å². The minimum absolute atomic E-state index is 0.139. The quantitative estimate of drug-likeness (QED) is 0.863. The molecule has 0 spiro atoms. The molecule has 1 N–H and O–H groups in total. The topological polar surface area (TPSA) is 58.1 Å². The second-order valence-electron chi connectivity index (χ2n) is 7.12. The Morgan fingerprint density at radius 1 is 1.42 bits per heavy atom. The lowest BCUT2D eigenvalue weighted by atomic mass is 9.81. The van der Waals surface area contributed by atoms with Crippen LogP contribution in [-0.2, 0) is 5.41 Å². The SMILES string of the molecule is C=C1[C@@H]2CC[C@@]1(CN(C)C(=O)NC)c1nnc(-c3ccccc3F)cc12. The molecule has 6 heteroatoms. The Hall–Kier alpha value is -2.76. The van der Waals surface area contributed by atoms with E-state index in [1.165, 1.54) is 6.07 Å². The Morgan fingerprint density at radius 3 is 2.92 bits per heavy atom. The molecule has 4 rings (SSSR count). The zero-order valence-electron chi connectivity index (χ0n) is 14.9. The van der Waals surface area contributed by atoms with Crippen molar-refractivity contribution in [1.82, 2.24) is 20.4 Å². The smallest absolute Gasteiger partial charge is 0.316 e. The largest absolute Gasteiger partial charge is 0.341 e. The van der Waals surface area contributed by atoms with Gasteiger partial charge in [-0.1, -0.05) is 24.3 Å². The van der Waals surface area contributed by atoms with Crippen molar-refractivity contribution in [3.05, 3.63) is 59.6 Å². The van der Waals surface area contributed by atoms with Gasteiger partial charge in [0.25, 0.3) is 0 Å². The molecular weight excluding hydrogens is 331 g/mol. The van der Waals surface area contributed by atoms with E-state index < -0.39 is 0 Å². The summed E-state index contributed by atoms with van der Waals surface area (Å²) in [5, 5.41) is 11.4. The van der Waals surface area contributed by atoms with Gasteiger partial charge in [-0.25, -0.2) is 9.18 Å². The first kappa shape index (κ1) is 16.7. The average Bonchev–Trinajstić information content (AvgIpc) is 3.08. The third kappa shape index (κ3) is 2.25. The van der Waals surface area contributed by atoms with Gasteiger partial charge in [-0.3, -0.25) is 0 Å². The lowest BCUT2D eigenvalue weighted by Gasteiger charge is -2.32. The first-order valence-corrected chi connectivity index (χ1v) is 8.73. The van der Waals surface area contributed by atoms with E-state index in [9.17, 15) is 9.18 Å². The Bertz CT molecular complexity index is 912. The summed E-state index contributed by atoms with van der Waals surface area (Å²) in [6, 6.07) is 8.39. The highest BCUT2D eigenvalue weighted by molar-refractivity contribution is 5.74. The lowest BCUT2D eigenvalue weighted by molar-refractivity contribution is 0.201. The number of hydrogen-bond donors (Lipinski definition) is 1. The normalized spacial score (nSPS) is 23.0. The molecule has 1 heterocycles. The van der Waals surface area contributed by atoms with Crippen LogP contribution in [0.4, 0.5) is 9.18 Å². The van der Waals surface area contributed by atoms with Gasteiger partial charge in [0, 0.05) is 32.1 Å². The number of carbonyl (C=O) groups is 1. The van der Waals surface area contributed by atoms with Crippen LogP contribution in [0.15, 0.2) is 42.5 Å². The number of halogens is 1. The van der Waals surface area contributed by atoms with Crippen molar-refractivity contribution in [1.29, 1.82) is 0 Å². The summed E-state index contributed by atoms with van der Waals surface area (Å²) in [5.41, 5.74) is 3.67. The number of likely N-dealkylation sites (N-methyl/N-ethyl adjacent to an activating group) is 1. The summed E-state index contributed by atoms with van der Waals surface area (Å²) in [6.45, 7) is 4.84. The Morgan fingerprint density at radius 2 is 2.19 bits per heavy atom. The monoisotopic (exact) mass is 352 g/mol. The molecule has 2 aromatic rings. The Kier molecular flexibility index (Phi) is 3.79. The zero-order chi connectivity index (χ0) is 18.5. The standard InChI is InChI=1S/C20H21FN4O/c1-12-13-8-9-20(12,11-25(3)19(26)22-2)18-15(13)10-17(23-24-18)14-6-4-5-7-16(14)21/h4-7,10,13H,1,8-9,11H2,2-3H3,(H,22,26)/t13-,20-/m0/s1. The molecule has 1 aromatic heterocycles. The summed E-state index contributed by atoms with van der Waals surface area (Å²) in [5.74, 6) is -0.109. The minimum atomic E-state index is -0.359. The fraction of sp³-hybridized carbons (Fsp3) is 0.350. The Labute approximate surface area is 151 Å². The van der Waals surface area contributed by atoms with Crippen LogP contribution in [0.3, 0.4) is 0 Å². The minimum Gasteiger partial charge on any atom is -0.341 e. The van der Waals surface area contributed by atoms with Crippen LogP contribution in [0, 0.1) is 5.82 Å². The summed E-state index contributed by atoms with van der Waals surface area (Å²) < 4.78 is 14.1. The maximum absolute atomic E-state index is 14.1. The molecule has 0 unspecified atom stereocenters. The van der Waals surface area contributed by atoms with Crippen molar-refractivity contribution in [2.24, 2.45) is 0 Å². The van der Waals surface area contributed by atoms with Crippen molar-refractivity contribution < 1.29 is 9.18 Å². The molecule has 2 bridgehead atoms. The second kappa shape index (κ2) is 5.90. The van der Waals surface area contributed by atoms with Gasteiger partial charge < -0.3 is 10.2 Å². The average molecular weight is 352 g/mol. The van der Waals surface area contributed by atoms with E-state index in [2.05, 4.69) is 22.1 Å². The zero-order valence-corrected chi connectivity index (χ0v) is 14.9. The van der Waals surface area contributed by atoms with Crippen LogP contribution < -0.4 is 5.32 Å². The van der Waals surface area contributed by atoms with Crippen molar-refractivity contribution in [3.63, 3.8) is 0 Å². The first-order valence-electron chi connectivity index (χ1n) is 8.73. The summed E-state index contributed by atoms with van der Waals surface area (Å²) in [7, 11) is 3.39. The van der Waals surface area contributed by atoms with Crippen LogP contribution in [0.5, 0.6) is 0 Å². The fourth-order valence-corrected chi connectivity index (χ4v) is 4.44. The third-order valence-corrected chi connectivity index (χ3v) is 5.76. The van der Waals surface area contributed by atoms with Gasteiger partial charge in [0.1, 0.15) is 5.82 Å². The number of fused-ring (bicyclic) bond motifs is 5. The van der Waals surface area contributed by atoms with Crippen molar-refractivity contribution >= 4 is 6.03 Å². The van der Waals surface area contributed by atoms with Crippen LogP contribution in [0.1, 0.15) is 30.0 Å². The van der Waals surface area contributed by atoms with E-state index in [1.807, 2.05) is 6.07 Å². The van der Waals surface area contributed by atoms with Crippen molar-refractivity contribution in [3.8, 4) is 11.3 Å². The molecule has 1 saturated carbocycles. The van der Waals surface area contributed by atoms with Crippen LogP contribution in [0.2, 0.25) is 0 Å². The number of nitrogens with one attached hydrogen (secondary N) is 1. The van der Waals surface area contributed by atoms with Gasteiger partial charge >= 0.3 is 6.03 Å². The molecule has 5 nitrogen and oxygen atoms in total. The molecule has 0 saturated heterocycles. The molecule has 2 amide bonds. The van der Waals surface area contributed by atoms with E-state index in [4.69, 9.17) is 0 Å². The third-order valence-electron chi connectivity index (χ3n) is 5.76. The van der Waals surface area contributed by atoms with Gasteiger partial charge in [0.2, 0.25) is 0 Å². The van der Waals surface area contributed by atoms with Crippen molar-refractivity contribution in [2.75, 3.05) is 20.6 Å². The van der Waals surface area contributed by atoms with Crippen molar-refractivity contribution in [2.45, 2.75) is 24.2 Å². The molecule has 26 heavy (non-hydrogen) atoms. The maximum atomic E-state index is 14.1. The number of amides is 2. The lowest BCUT2D eigenvalue weighted by Crippen LogP contribution is -2.44. The predicted molar refractivity (Wildman–Crippen MR) is 97.3 cm³/mol. The number of aromatic nitrogens is 2. The Balaban J connectivity index is 1.76. The van der Waals surface area contributed by atoms with Crippen LogP contribution in [0.25, 0.3) is 11.3 Å². The molecule has 2 atom stereocenters. The number of rotatable bonds is 3. The first-order chi connectivity index (χ1) is 12.5. The molecule has 0 aliphatic heterocycles. The number of nitrogens with zero attached hydrogens (tertiary/aromatic N) is 3. The molecule has 0 radical (unpaired) electrons. The number of carbonyl (C=O) groups excluding carboxylic acids is 1. The number of hydrogen-bond acceptors (Lipinski definition) is 3. The summed E-state index contributed by atoms with van der Waals surface area (Å²) in [6.07, 6.45) is 1.87. The van der Waals surface area contributed by atoms with Crippen LogP contribution in [-0.4, -0.2) is 41.8 Å². The van der Waals surface area contributed by atoms with Gasteiger partial charge in [-0.2, -0.15) is 10.2 Å². The highest BCUT2D eigenvalue weighted by Gasteiger charge is 2.54. The predicted octanol–water partition coefficient (Wildman–Crippen LogP) is 3.24. The van der Waals surface area contributed by atoms with Gasteiger partial charge in [0.15, 0.2) is 0 Å². The molecular formula is C20H21FN4O. The number of urea groups is 1. The van der Waals surface area contributed by atoms with E-state index in [1.54, 1.807) is 37.2 Å². The van der Waals surface area contributed by atoms with Gasteiger partial charge in [0.05, 0.1) is 16.8 Å². The van der Waals surface area contributed by atoms with E-state index >= 15 is 0 Å². The molecule has 134 valence electrons. The summed E-state index contributed by atoms with van der Waals surface area (Å²) in [4.78, 5) is 13.6. The fourth-order valence-electron chi connectivity index (χ4n) is 4.44. The summed E-state index contributed by atoms with van der Waals surface area (Å²) >= 11 is 0. The molecule has 2 aliphatic rings. The van der Waals surface area contributed by atoms with Gasteiger partial charge in [-0.15, -0.1) is 0 Å². The van der Waals surface area contributed by atoms with E-state index in [0.717, 1.165) is 29.7 Å². The van der Waals surface area contributed by atoms with Crippen LogP contribution >= 0.6 is 0 Å². The highest BCUT2D eigenvalue weighted by atomic mass is 19.1. The maximum Gasteiger partial charge on any atom is 0.316 e. The second-order valence-corrected chi connectivity index (χ2v) is 7.12. The molecule has 1 fully saturated rings. The number of benzene rings is 1. The highest BCUT2D eigenvalue weighted by Crippen LogP contribution is 2.59. The molecule has 1 aromatic carbocycles. The van der Waals surface area contributed by atoms with E-state index in [-0.39, 0.29) is 23.2 Å². The van der Waals surface area contributed by atoms with Gasteiger partial charge in [-0.05, 0) is 36.6 Å². The molecule has 2 aliphatic carbocycles.